The summed E-state index contributed by atoms with van der Waals surface area (Å²) in [6.07, 6.45) is 8.02. The first-order valence-corrected chi connectivity index (χ1v) is 21.2. The molecule has 19 heteroatoms. The minimum absolute atomic E-state index is 0.0285. The molecule has 1 unspecified atom stereocenters. The highest BCUT2D eigenvalue weighted by Gasteiger charge is 2.46. The van der Waals surface area contributed by atoms with Crippen LogP contribution in [0, 0.1) is 11.6 Å². The average molecular weight is 842 g/mol. The number of anilines is 2. The van der Waals surface area contributed by atoms with Gasteiger partial charge in [-0.1, -0.05) is 13.0 Å². The van der Waals surface area contributed by atoms with Crippen molar-refractivity contribution in [3.8, 4) is 22.6 Å². The molecule has 16 nitrogen and oxygen atoms in total. The molecule has 2 saturated heterocycles. The second-order valence-electron chi connectivity index (χ2n) is 14.9. The van der Waals surface area contributed by atoms with Gasteiger partial charge in [-0.3, -0.25) is 39.0 Å². The van der Waals surface area contributed by atoms with Gasteiger partial charge in [-0.05, 0) is 62.1 Å². The third-order valence-electron chi connectivity index (χ3n) is 11.1. The smallest absolute Gasteiger partial charge is 0.266 e. The van der Waals surface area contributed by atoms with Crippen molar-refractivity contribution < 1.29 is 41.1 Å². The molecule has 3 aromatic heterocycles. The number of nitrogens with zero attached hydrogens (tertiary/aromatic N) is 7. The molecule has 60 heavy (non-hydrogen) atoms. The molecule has 3 aliphatic heterocycles. The lowest BCUT2D eigenvalue weighted by Crippen LogP contribution is -2.54. The van der Waals surface area contributed by atoms with Crippen LogP contribution in [0.15, 0.2) is 67.4 Å². The van der Waals surface area contributed by atoms with Crippen molar-refractivity contribution in [3.63, 3.8) is 0 Å². The number of hydrogen-bond donors (Lipinski definition) is 2. The molecule has 312 valence electrons. The summed E-state index contributed by atoms with van der Waals surface area (Å²) in [5.74, 6) is -3.66. The monoisotopic (exact) mass is 841 g/mol. The number of sulfonamides is 1. The normalized spacial score (nSPS) is 17.6. The molecule has 6 heterocycles. The molecule has 5 aromatic rings. The van der Waals surface area contributed by atoms with Crippen LogP contribution in [0.25, 0.3) is 27.8 Å². The van der Waals surface area contributed by atoms with E-state index in [1.165, 1.54) is 17.0 Å². The van der Waals surface area contributed by atoms with Crippen LogP contribution in [0.1, 0.15) is 59.7 Å². The van der Waals surface area contributed by atoms with Gasteiger partial charge in [-0.2, -0.15) is 0 Å². The quantitative estimate of drug-likeness (QED) is 0.160. The number of aromatic nitrogens is 4. The van der Waals surface area contributed by atoms with Gasteiger partial charge in [0, 0.05) is 68.9 Å². The topological polar surface area (TPSA) is 189 Å². The molecule has 8 rings (SSSR count). The van der Waals surface area contributed by atoms with Crippen LogP contribution in [-0.4, -0.2) is 112 Å². The van der Waals surface area contributed by atoms with E-state index in [1.54, 1.807) is 49.8 Å². The van der Waals surface area contributed by atoms with Gasteiger partial charge in [0.15, 0.2) is 5.82 Å². The van der Waals surface area contributed by atoms with Crippen molar-refractivity contribution in [2.75, 3.05) is 48.7 Å². The van der Waals surface area contributed by atoms with Crippen molar-refractivity contribution in [2.45, 2.75) is 51.1 Å². The summed E-state index contributed by atoms with van der Waals surface area (Å²) in [7, 11) is -1.92. The molecule has 3 aliphatic rings. The third-order valence-corrected chi connectivity index (χ3v) is 12.6. The molecule has 1 atom stereocenters. The molecule has 2 fully saturated rings. The standard InChI is InChI=1S/C41H41F2N9O7S/c1-3-19-60(57,58)48-29-8-7-28(42)38(36(29)43)51-22-27(24-20-44-23-45-21-24)37-30(51)9-11-33(46-37)49(2)25-13-15-50(16-14-25)17-18-59-32-6-4-5-26-35(32)41(56)52(40(26)55)31-10-12-34(53)47-39(31)54/h4-9,11,20-23,25,31,48H,3,10,12-19H2,1-2H3,(H,47,53,54). The molecule has 0 spiro atoms. The van der Waals surface area contributed by atoms with Crippen molar-refractivity contribution in [3.05, 3.63) is 90.1 Å². The Morgan fingerprint density at radius 3 is 2.47 bits per heavy atom. The number of pyridine rings is 1. The maximum atomic E-state index is 16.1. The first-order chi connectivity index (χ1) is 28.8. The highest BCUT2D eigenvalue weighted by Crippen LogP contribution is 2.37. The van der Waals surface area contributed by atoms with Gasteiger partial charge >= 0.3 is 0 Å². The molecule has 0 saturated carbocycles. The number of amides is 4. The predicted molar refractivity (Wildman–Crippen MR) is 216 cm³/mol. The number of fused-ring (bicyclic) bond motifs is 2. The summed E-state index contributed by atoms with van der Waals surface area (Å²) >= 11 is 0. The number of hydrogen-bond acceptors (Lipinski definition) is 12. The van der Waals surface area contributed by atoms with E-state index in [1.807, 2.05) is 7.05 Å². The van der Waals surface area contributed by atoms with Crippen molar-refractivity contribution in [1.82, 2.24) is 34.6 Å². The molecule has 0 bridgehead atoms. The lowest BCUT2D eigenvalue weighted by Gasteiger charge is -2.37. The Bertz CT molecular complexity index is 2640. The average Bonchev–Trinajstić information content (AvgIpc) is 3.73. The number of nitrogens with one attached hydrogen (secondary N) is 2. The van der Waals surface area contributed by atoms with Crippen LogP contribution in [0.3, 0.4) is 0 Å². The summed E-state index contributed by atoms with van der Waals surface area (Å²) in [6.45, 7) is 3.94. The van der Waals surface area contributed by atoms with Gasteiger partial charge < -0.3 is 14.2 Å². The van der Waals surface area contributed by atoms with Crippen molar-refractivity contribution in [2.24, 2.45) is 0 Å². The lowest BCUT2D eigenvalue weighted by molar-refractivity contribution is -0.136. The van der Waals surface area contributed by atoms with Crippen LogP contribution in [0.2, 0.25) is 0 Å². The van der Waals surface area contributed by atoms with Crippen LogP contribution < -0.4 is 19.7 Å². The van der Waals surface area contributed by atoms with Crippen molar-refractivity contribution in [1.29, 1.82) is 0 Å². The van der Waals surface area contributed by atoms with Gasteiger partial charge in [-0.25, -0.2) is 32.2 Å². The van der Waals surface area contributed by atoms with Crippen LogP contribution in [-0.2, 0) is 19.6 Å². The van der Waals surface area contributed by atoms with Gasteiger partial charge in [0.1, 0.15) is 42.0 Å². The van der Waals surface area contributed by atoms with Crippen LogP contribution >= 0.6 is 0 Å². The highest BCUT2D eigenvalue weighted by atomic mass is 32.2. The third kappa shape index (κ3) is 7.65. The minimum Gasteiger partial charge on any atom is -0.491 e. The number of carbonyl (C=O) groups excluding carboxylic acids is 4. The fraction of sp³-hybridized carbons (Fsp3) is 0.341. The lowest BCUT2D eigenvalue weighted by atomic mass is 10.0. The van der Waals surface area contributed by atoms with Crippen LogP contribution in [0.4, 0.5) is 20.3 Å². The number of halogens is 2. The molecule has 4 amide bonds. The Labute approximate surface area is 343 Å². The number of ether oxygens (including phenoxy) is 1. The maximum Gasteiger partial charge on any atom is 0.266 e. The number of rotatable bonds is 13. The number of piperidine rings is 2. The molecule has 0 radical (unpaired) electrons. The zero-order valence-electron chi connectivity index (χ0n) is 32.7. The Morgan fingerprint density at radius 2 is 1.73 bits per heavy atom. The SMILES string of the molecule is CCCS(=O)(=O)Nc1ccc(F)c(-n2cc(-c3cncnc3)c3nc(N(C)C4CCN(CCOc5cccc6c5C(=O)N(C5CCC(=O)NC5=O)C6=O)CC4)ccc32)c1F. The van der Waals surface area contributed by atoms with Crippen LogP contribution in [0.5, 0.6) is 5.75 Å². The van der Waals surface area contributed by atoms with Gasteiger partial charge in [0.2, 0.25) is 21.8 Å². The van der Waals surface area contributed by atoms with Gasteiger partial charge in [0.25, 0.3) is 11.8 Å². The summed E-state index contributed by atoms with van der Waals surface area (Å²) in [6, 6.07) is 9.38. The van der Waals surface area contributed by atoms with Gasteiger partial charge in [-0.15, -0.1) is 0 Å². The molecule has 2 aromatic carbocycles. The second kappa shape index (κ2) is 16.4. The largest absolute Gasteiger partial charge is 0.491 e. The number of likely N-dealkylation sites (tertiary alicyclic amines) is 1. The number of benzene rings is 2. The fourth-order valence-corrected chi connectivity index (χ4v) is 9.19. The van der Waals surface area contributed by atoms with E-state index in [4.69, 9.17) is 9.72 Å². The number of carbonyl (C=O) groups is 4. The van der Waals surface area contributed by atoms with E-state index in [2.05, 4.69) is 29.8 Å². The number of imide groups is 2. The zero-order valence-corrected chi connectivity index (χ0v) is 33.5. The Kier molecular flexibility index (Phi) is 11.0. The van der Waals surface area contributed by atoms with Gasteiger partial charge in [0.05, 0.1) is 33.6 Å². The summed E-state index contributed by atoms with van der Waals surface area (Å²) in [5.41, 5.74) is 1.32. The fourth-order valence-electron chi connectivity index (χ4n) is 8.06. The van der Waals surface area contributed by atoms with E-state index in [0.717, 1.165) is 43.0 Å². The summed E-state index contributed by atoms with van der Waals surface area (Å²) in [4.78, 5) is 69.3. The Morgan fingerprint density at radius 1 is 0.967 bits per heavy atom. The van der Waals surface area contributed by atoms with Crippen molar-refractivity contribution >= 4 is 56.2 Å². The molecular weight excluding hydrogens is 801 g/mol. The Hall–Kier alpha value is -6.34. The summed E-state index contributed by atoms with van der Waals surface area (Å²) in [5, 5.41) is 2.20. The first-order valence-electron chi connectivity index (χ1n) is 19.5. The predicted octanol–water partition coefficient (Wildman–Crippen LogP) is 4.29. The maximum absolute atomic E-state index is 16.1. The molecular formula is C41H41F2N9O7S. The zero-order chi connectivity index (χ0) is 42.3. The highest BCUT2D eigenvalue weighted by molar-refractivity contribution is 7.92. The molecule has 0 aliphatic carbocycles. The minimum atomic E-state index is -3.86. The summed E-state index contributed by atoms with van der Waals surface area (Å²) < 4.78 is 66.2. The second-order valence-corrected chi connectivity index (χ2v) is 16.8. The van der Waals surface area contributed by atoms with E-state index in [0.29, 0.717) is 40.9 Å². The Balaban J connectivity index is 0.956. The molecule has 2 N–H and O–H groups in total. The van der Waals surface area contributed by atoms with E-state index in [9.17, 15) is 27.6 Å². The van der Waals surface area contributed by atoms with E-state index in [-0.39, 0.29) is 53.8 Å². The van der Waals surface area contributed by atoms with E-state index >= 15 is 8.78 Å². The van der Waals surface area contributed by atoms with E-state index < -0.39 is 57.0 Å². The first kappa shape index (κ1) is 40.4.